The Labute approximate surface area is 156 Å². The number of aromatic nitrogens is 4. The molecule has 3 aromatic heterocycles. The number of nitrogens with one attached hydrogen (secondary N) is 2. The molecule has 2 aliphatic rings. The summed E-state index contributed by atoms with van der Waals surface area (Å²) >= 11 is 0. The minimum absolute atomic E-state index is 0.123. The van der Waals surface area contributed by atoms with Gasteiger partial charge in [0.2, 0.25) is 5.91 Å². The van der Waals surface area contributed by atoms with E-state index in [1.807, 2.05) is 28.8 Å². The molecule has 2 N–H and O–H groups in total. The largest absolute Gasteiger partial charge is 0.366 e. The molecule has 8 heteroatoms. The van der Waals surface area contributed by atoms with E-state index < -0.39 is 0 Å². The van der Waals surface area contributed by atoms with Crippen LogP contribution in [0.1, 0.15) is 19.3 Å². The Morgan fingerprint density at radius 1 is 1.22 bits per heavy atom. The molecule has 0 bridgehead atoms. The summed E-state index contributed by atoms with van der Waals surface area (Å²) in [4.78, 5) is 27.4. The van der Waals surface area contributed by atoms with Crippen LogP contribution < -0.4 is 15.5 Å². The van der Waals surface area contributed by atoms with Gasteiger partial charge in [-0.2, -0.15) is 0 Å². The highest BCUT2D eigenvalue weighted by atomic mass is 16.2. The summed E-state index contributed by atoms with van der Waals surface area (Å²) in [6.45, 7) is 2.71. The molecule has 0 radical (unpaired) electrons. The average molecular weight is 363 g/mol. The second-order valence-corrected chi connectivity index (χ2v) is 7.01. The summed E-state index contributed by atoms with van der Waals surface area (Å²) < 4.78 is 1.96. The van der Waals surface area contributed by atoms with Crippen molar-refractivity contribution in [1.29, 1.82) is 0 Å². The number of pyridine rings is 1. The zero-order valence-corrected chi connectivity index (χ0v) is 14.9. The monoisotopic (exact) mass is 363 g/mol. The van der Waals surface area contributed by atoms with E-state index in [9.17, 15) is 4.79 Å². The van der Waals surface area contributed by atoms with Crippen molar-refractivity contribution in [3.63, 3.8) is 0 Å². The number of rotatable bonds is 4. The summed E-state index contributed by atoms with van der Waals surface area (Å²) in [6.07, 6.45) is 7.94. The fourth-order valence-electron chi connectivity index (χ4n) is 3.74. The van der Waals surface area contributed by atoms with Gasteiger partial charge in [-0.05, 0) is 31.5 Å². The highest BCUT2D eigenvalue weighted by molar-refractivity contribution is 5.94. The molecular weight excluding hydrogens is 342 g/mol. The van der Waals surface area contributed by atoms with E-state index in [0.717, 1.165) is 48.8 Å². The molecule has 1 amide bonds. The van der Waals surface area contributed by atoms with Gasteiger partial charge in [0.25, 0.3) is 0 Å². The maximum Gasteiger partial charge on any atom is 0.228 e. The zero-order chi connectivity index (χ0) is 18.2. The van der Waals surface area contributed by atoms with E-state index in [1.165, 1.54) is 0 Å². The van der Waals surface area contributed by atoms with E-state index in [4.69, 9.17) is 4.98 Å². The van der Waals surface area contributed by atoms with E-state index in [1.54, 1.807) is 17.3 Å². The Kier molecular flexibility index (Phi) is 3.97. The predicted molar refractivity (Wildman–Crippen MR) is 103 cm³/mol. The molecular formula is C19H21N7O. The van der Waals surface area contributed by atoms with Crippen molar-refractivity contribution in [3.8, 4) is 11.4 Å². The van der Waals surface area contributed by atoms with Crippen molar-refractivity contribution in [1.82, 2.24) is 24.7 Å². The van der Waals surface area contributed by atoms with E-state index in [2.05, 4.69) is 20.6 Å². The Morgan fingerprint density at radius 3 is 3.00 bits per heavy atom. The van der Waals surface area contributed by atoms with Crippen LogP contribution >= 0.6 is 0 Å². The quantitative estimate of drug-likeness (QED) is 0.734. The van der Waals surface area contributed by atoms with E-state index >= 15 is 0 Å². The molecule has 0 spiro atoms. The maximum atomic E-state index is 12.0. The SMILES string of the molecule is O=C1CCCN1c1cn2c(-c3cccc(NC4CCNC4)n3)cnc2cn1. The first-order chi connectivity index (χ1) is 13.3. The van der Waals surface area contributed by atoms with Crippen LogP contribution in [-0.4, -0.2) is 50.9 Å². The molecule has 27 heavy (non-hydrogen) atoms. The minimum atomic E-state index is 0.123. The number of hydrogen-bond acceptors (Lipinski definition) is 6. The van der Waals surface area contributed by atoms with Crippen LogP contribution in [0.15, 0.2) is 36.8 Å². The maximum absolute atomic E-state index is 12.0. The second kappa shape index (κ2) is 6.62. The fraction of sp³-hybridized carbons (Fsp3) is 0.368. The first kappa shape index (κ1) is 16.2. The number of imidazole rings is 1. The number of anilines is 2. The zero-order valence-electron chi connectivity index (χ0n) is 14.9. The third kappa shape index (κ3) is 3.02. The third-order valence-electron chi connectivity index (χ3n) is 5.16. The van der Waals surface area contributed by atoms with Gasteiger partial charge in [0.05, 0.1) is 30.0 Å². The van der Waals surface area contributed by atoms with E-state index in [-0.39, 0.29) is 5.91 Å². The van der Waals surface area contributed by atoms with Crippen LogP contribution in [0.4, 0.5) is 11.6 Å². The Hall–Kier alpha value is -3.00. The van der Waals surface area contributed by atoms with Crippen molar-refractivity contribution in [2.75, 3.05) is 29.9 Å². The molecule has 2 fully saturated rings. The van der Waals surface area contributed by atoms with Gasteiger partial charge in [0, 0.05) is 25.6 Å². The van der Waals surface area contributed by atoms with Crippen LogP contribution in [0.25, 0.3) is 17.0 Å². The van der Waals surface area contributed by atoms with Crippen LogP contribution in [0.5, 0.6) is 0 Å². The summed E-state index contributed by atoms with van der Waals surface area (Å²) in [5.74, 6) is 1.65. The number of carbonyl (C=O) groups is 1. The lowest BCUT2D eigenvalue weighted by atomic mass is 10.2. The van der Waals surface area contributed by atoms with Gasteiger partial charge in [-0.25, -0.2) is 15.0 Å². The molecule has 0 aliphatic carbocycles. The summed E-state index contributed by atoms with van der Waals surface area (Å²) in [6, 6.07) is 6.37. The minimum Gasteiger partial charge on any atom is -0.366 e. The molecule has 8 nitrogen and oxygen atoms in total. The number of carbonyl (C=O) groups excluding carboxylic acids is 1. The smallest absolute Gasteiger partial charge is 0.228 e. The van der Waals surface area contributed by atoms with Crippen LogP contribution in [-0.2, 0) is 4.79 Å². The summed E-state index contributed by atoms with van der Waals surface area (Å²) in [5, 5.41) is 6.84. The molecule has 1 atom stereocenters. The van der Waals surface area contributed by atoms with Gasteiger partial charge in [0.1, 0.15) is 5.82 Å². The highest BCUT2D eigenvalue weighted by Crippen LogP contribution is 2.24. The van der Waals surface area contributed by atoms with Gasteiger partial charge >= 0.3 is 0 Å². The standard InChI is InChI=1S/C19H21N7O/c27-19-5-2-8-25(19)18-12-26-15(10-21-17(26)11-22-18)14-3-1-4-16(24-14)23-13-6-7-20-9-13/h1,3-4,10-13,20H,2,5-9H2,(H,23,24). The molecule has 138 valence electrons. The molecule has 3 aromatic rings. The van der Waals surface area contributed by atoms with Crippen LogP contribution in [0.3, 0.4) is 0 Å². The molecule has 0 aromatic carbocycles. The van der Waals surface area contributed by atoms with Crippen LogP contribution in [0.2, 0.25) is 0 Å². The second-order valence-electron chi connectivity index (χ2n) is 7.01. The average Bonchev–Trinajstić information content (AvgIpc) is 3.42. The molecule has 5 rings (SSSR count). The van der Waals surface area contributed by atoms with Gasteiger partial charge < -0.3 is 10.6 Å². The van der Waals surface area contributed by atoms with Crippen molar-refractivity contribution in [2.45, 2.75) is 25.3 Å². The van der Waals surface area contributed by atoms with Crippen molar-refractivity contribution >= 4 is 23.2 Å². The van der Waals surface area contributed by atoms with Crippen molar-refractivity contribution < 1.29 is 4.79 Å². The van der Waals surface area contributed by atoms with Gasteiger partial charge in [-0.15, -0.1) is 0 Å². The lowest BCUT2D eigenvalue weighted by molar-refractivity contribution is -0.117. The fourth-order valence-corrected chi connectivity index (χ4v) is 3.74. The third-order valence-corrected chi connectivity index (χ3v) is 5.16. The van der Waals surface area contributed by atoms with Crippen molar-refractivity contribution in [3.05, 3.63) is 36.8 Å². The van der Waals surface area contributed by atoms with Gasteiger partial charge in [-0.1, -0.05) is 6.07 Å². The Morgan fingerprint density at radius 2 is 2.19 bits per heavy atom. The lowest BCUT2D eigenvalue weighted by Crippen LogP contribution is -2.25. The predicted octanol–water partition coefficient (Wildman–Crippen LogP) is 1.69. The van der Waals surface area contributed by atoms with E-state index in [0.29, 0.717) is 24.8 Å². The first-order valence-corrected chi connectivity index (χ1v) is 9.36. The topological polar surface area (TPSA) is 87.5 Å². The Bertz CT molecular complexity index is 993. The first-order valence-electron chi connectivity index (χ1n) is 9.36. The highest BCUT2D eigenvalue weighted by Gasteiger charge is 2.23. The number of nitrogens with zero attached hydrogens (tertiary/aromatic N) is 5. The lowest BCUT2D eigenvalue weighted by Gasteiger charge is -2.15. The van der Waals surface area contributed by atoms with Crippen LogP contribution in [0, 0.1) is 0 Å². The number of amides is 1. The number of hydrogen-bond donors (Lipinski definition) is 2. The molecule has 0 saturated carbocycles. The van der Waals surface area contributed by atoms with Crippen molar-refractivity contribution in [2.24, 2.45) is 0 Å². The molecule has 1 unspecified atom stereocenters. The summed E-state index contributed by atoms with van der Waals surface area (Å²) in [5.41, 5.74) is 2.46. The molecule has 5 heterocycles. The Balaban J connectivity index is 1.50. The molecule has 2 saturated heterocycles. The number of fused-ring (bicyclic) bond motifs is 1. The van der Waals surface area contributed by atoms with Gasteiger partial charge in [0.15, 0.2) is 11.5 Å². The normalized spacial score (nSPS) is 19.9. The van der Waals surface area contributed by atoms with Gasteiger partial charge in [-0.3, -0.25) is 14.1 Å². The summed E-state index contributed by atoms with van der Waals surface area (Å²) in [7, 11) is 0. The molecule has 2 aliphatic heterocycles.